The van der Waals surface area contributed by atoms with E-state index in [-0.39, 0.29) is 5.41 Å². The molecule has 4 aliphatic carbocycles. The van der Waals surface area contributed by atoms with Crippen LogP contribution in [-0.2, 0) is 5.41 Å². The van der Waals surface area contributed by atoms with Crippen LogP contribution in [-0.4, -0.2) is 24.9 Å². The van der Waals surface area contributed by atoms with Crippen LogP contribution in [0.2, 0.25) is 0 Å². The Bertz CT molecular complexity index is 2700. The molecule has 3 aromatic heterocycles. The van der Waals surface area contributed by atoms with Crippen molar-refractivity contribution in [2.24, 2.45) is 23.7 Å². The van der Waals surface area contributed by atoms with Gasteiger partial charge in [0.05, 0.1) is 11.6 Å². The fraction of sp³-hybridized carbons (Fsp3) is 0.185. The predicted octanol–water partition coefficient (Wildman–Crippen LogP) is 12.3. The monoisotopic (exact) mass is 774 g/mol. The predicted molar refractivity (Wildman–Crippen MR) is 237 cm³/mol. The Labute approximate surface area is 350 Å². The van der Waals surface area contributed by atoms with Crippen molar-refractivity contribution in [1.82, 2.24) is 24.9 Å². The maximum atomic E-state index is 9.34. The summed E-state index contributed by atoms with van der Waals surface area (Å²) in [6.45, 7) is 0. The number of benzene rings is 5. The molecule has 0 unspecified atom stereocenters. The standard InChI is InChI=1S/C54H42N6/c55-34-35-1-3-38(4-2-35)41-13-17-47(18-14-41)54(49-30-36-29-37(32-49)33-50(54)31-36)48-19-15-46(16-20-48)53-59-51(44-9-5-39(6-10-44)42-21-25-56-26-22-42)58-52(60-53)45-11-7-40(8-12-45)43-23-27-57-28-24-43/h1-28,36-37,49-50H,29-33H2. The molecule has 288 valence electrons. The minimum atomic E-state index is -0.0440. The third-order valence-corrected chi connectivity index (χ3v) is 13.7. The quantitative estimate of drug-likeness (QED) is 0.153. The van der Waals surface area contributed by atoms with Crippen LogP contribution in [0.1, 0.15) is 48.8 Å². The lowest BCUT2D eigenvalue weighted by Gasteiger charge is -2.62. The third-order valence-electron chi connectivity index (χ3n) is 13.7. The Balaban J connectivity index is 0.980. The minimum absolute atomic E-state index is 0.0440. The molecule has 8 aromatic rings. The van der Waals surface area contributed by atoms with Gasteiger partial charge < -0.3 is 0 Å². The van der Waals surface area contributed by atoms with Crippen LogP contribution in [0.25, 0.3) is 67.5 Å². The Kier molecular flexibility index (Phi) is 8.96. The molecule has 0 radical (unpaired) electrons. The second-order valence-corrected chi connectivity index (χ2v) is 16.9. The van der Waals surface area contributed by atoms with Crippen LogP contribution in [0.15, 0.2) is 170 Å². The Morgan fingerprint density at radius 1 is 0.367 bits per heavy atom. The summed E-state index contributed by atoms with van der Waals surface area (Å²) < 4.78 is 0. The molecule has 6 heteroatoms. The molecule has 4 saturated carbocycles. The number of rotatable bonds is 8. The zero-order chi connectivity index (χ0) is 40.0. The highest BCUT2D eigenvalue weighted by Crippen LogP contribution is 2.65. The molecule has 12 rings (SSSR count). The van der Waals surface area contributed by atoms with Crippen molar-refractivity contribution in [3.8, 4) is 73.6 Å². The molecule has 0 spiro atoms. The number of nitrogens with zero attached hydrogens (tertiary/aromatic N) is 6. The normalized spacial score (nSPS) is 21.4. The van der Waals surface area contributed by atoms with E-state index >= 15 is 0 Å². The molecule has 0 aliphatic heterocycles. The topological polar surface area (TPSA) is 88.2 Å². The lowest BCUT2D eigenvalue weighted by atomic mass is 9.42. The highest BCUT2D eigenvalue weighted by Gasteiger charge is 2.58. The molecular formula is C54H42N6. The van der Waals surface area contributed by atoms with Gasteiger partial charge in [0.1, 0.15) is 0 Å². The molecule has 4 bridgehead atoms. The van der Waals surface area contributed by atoms with Gasteiger partial charge in [0.25, 0.3) is 0 Å². The second kappa shape index (κ2) is 14.9. The maximum Gasteiger partial charge on any atom is 0.164 e. The van der Waals surface area contributed by atoms with Gasteiger partial charge >= 0.3 is 0 Å². The number of aromatic nitrogens is 5. The summed E-state index contributed by atoms with van der Waals surface area (Å²) >= 11 is 0. The van der Waals surface area contributed by atoms with E-state index in [4.69, 9.17) is 15.0 Å². The highest BCUT2D eigenvalue weighted by molar-refractivity contribution is 5.72. The van der Waals surface area contributed by atoms with Crippen molar-refractivity contribution < 1.29 is 0 Å². The van der Waals surface area contributed by atoms with E-state index in [1.54, 1.807) is 0 Å². The highest BCUT2D eigenvalue weighted by atomic mass is 15.0. The van der Waals surface area contributed by atoms with Crippen molar-refractivity contribution in [1.29, 1.82) is 5.26 Å². The van der Waals surface area contributed by atoms with E-state index < -0.39 is 0 Å². The first-order valence-electron chi connectivity index (χ1n) is 21.1. The van der Waals surface area contributed by atoms with Gasteiger partial charge in [-0.25, -0.2) is 15.0 Å². The van der Waals surface area contributed by atoms with Gasteiger partial charge in [-0.2, -0.15) is 5.26 Å². The van der Waals surface area contributed by atoms with Gasteiger partial charge in [0.2, 0.25) is 0 Å². The summed E-state index contributed by atoms with van der Waals surface area (Å²) in [6, 6.07) is 53.7. The van der Waals surface area contributed by atoms with Crippen molar-refractivity contribution in [3.05, 3.63) is 187 Å². The molecule has 0 N–H and O–H groups in total. The van der Waals surface area contributed by atoms with Crippen LogP contribution in [0.3, 0.4) is 0 Å². The first-order valence-corrected chi connectivity index (χ1v) is 21.1. The van der Waals surface area contributed by atoms with Crippen LogP contribution in [0.5, 0.6) is 0 Å². The van der Waals surface area contributed by atoms with Crippen LogP contribution >= 0.6 is 0 Å². The molecule has 0 amide bonds. The molecule has 60 heavy (non-hydrogen) atoms. The molecular weight excluding hydrogens is 733 g/mol. The van der Waals surface area contributed by atoms with Crippen molar-refractivity contribution in [2.45, 2.75) is 37.5 Å². The van der Waals surface area contributed by atoms with E-state index in [1.165, 1.54) is 48.8 Å². The van der Waals surface area contributed by atoms with Crippen LogP contribution in [0.4, 0.5) is 0 Å². The van der Waals surface area contributed by atoms with Crippen LogP contribution in [0, 0.1) is 35.0 Å². The molecule has 0 saturated heterocycles. The van der Waals surface area contributed by atoms with E-state index in [1.807, 2.05) is 61.2 Å². The zero-order valence-electron chi connectivity index (χ0n) is 33.2. The average molecular weight is 775 g/mol. The van der Waals surface area contributed by atoms with E-state index in [0.717, 1.165) is 56.3 Å². The smallest absolute Gasteiger partial charge is 0.164 e. The average Bonchev–Trinajstić information content (AvgIpc) is 3.32. The van der Waals surface area contributed by atoms with Crippen molar-refractivity contribution in [3.63, 3.8) is 0 Å². The first kappa shape index (κ1) is 36.0. The number of hydrogen-bond donors (Lipinski definition) is 0. The fourth-order valence-electron chi connectivity index (χ4n) is 11.1. The summed E-state index contributed by atoms with van der Waals surface area (Å²) in [6.07, 6.45) is 13.9. The number of nitriles is 1. The first-order chi connectivity index (χ1) is 29.6. The Morgan fingerprint density at radius 3 is 1.03 bits per heavy atom. The third kappa shape index (κ3) is 6.38. The largest absolute Gasteiger partial charge is 0.265 e. The molecule has 5 aromatic carbocycles. The SMILES string of the molecule is N#Cc1ccc(-c2ccc(C3(c4ccc(-c5nc(-c6ccc(-c7ccncc7)cc6)nc(-c6ccc(-c7ccncc7)cc6)n5)cc4)C4CC5CC(C4)CC3C5)cc2)cc1. The van der Waals surface area contributed by atoms with E-state index in [0.29, 0.717) is 34.9 Å². The Morgan fingerprint density at radius 2 is 0.667 bits per heavy atom. The van der Waals surface area contributed by atoms with Crippen molar-refractivity contribution in [2.75, 3.05) is 0 Å². The second-order valence-electron chi connectivity index (χ2n) is 16.9. The van der Waals surface area contributed by atoms with Gasteiger partial charge in [-0.05, 0) is 137 Å². The maximum absolute atomic E-state index is 9.34. The Hall–Kier alpha value is -7.10. The lowest BCUT2D eigenvalue weighted by molar-refractivity contribution is -0.0418. The minimum Gasteiger partial charge on any atom is -0.265 e. The fourth-order valence-corrected chi connectivity index (χ4v) is 11.1. The van der Waals surface area contributed by atoms with Gasteiger partial charge in [0.15, 0.2) is 17.5 Å². The molecule has 0 atom stereocenters. The lowest BCUT2D eigenvalue weighted by Crippen LogP contribution is -2.56. The number of hydrogen-bond acceptors (Lipinski definition) is 6. The van der Waals surface area contributed by atoms with Gasteiger partial charge in [0, 0.05) is 46.9 Å². The van der Waals surface area contributed by atoms with Gasteiger partial charge in [-0.1, -0.05) is 109 Å². The summed E-state index contributed by atoms with van der Waals surface area (Å²) in [5, 5.41) is 9.34. The molecule has 4 fully saturated rings. The molecule has 3 heterocycles. The summed E-state index contributed by atoms with van der Waals surface area (Å²) in [4.78, 5) is 23.7. The van der Waals surface area contributed by atoms with Gasteiger partial charge in [-0.15, -0.1) is 0 Å². The molecule has 4 aliphatic rings. The van der Waals surface area contributed by atoms with E-state index in [9.17, 15) is 5.26 Å². The number of pyridine rings is 2. The van der Waals surface area contributed by atoms with Crippen molar-refractivity contribution >= 4 is 0 Å². The van der Waals surface area contributed by atoms with E-state index in [2.05, 4.69) is 125 Å². The molecule has 6 nitrogen and oxygen atoms in total. The zero-order valence-corrected chi connectivity index (χ0v) is 33.2. The van der Waals surface area contributed by atoms with Gasteiger partial charge in [-0.3, -0.25) is 9.97 Å². The summed E-state index contributed by atoms with van der Waals surface area (Å²) in [5.74, 6) is 4.84. The summed E-state index contributed by atoms with van der Waals surface area (Å²) in [7, 11) is 0. The summed E-state index contributed by atoms with van der Waals surface area (Å²) in [5.41, 5.74) is 13.1. The van der Waals surface area contributed by atoms with Crippen LogP contribution < -0.4 is 0 Å².